The van der Waals surface area contributed by atoms with Gasteiger partial charge in [0.25, 0.3) is 0 Å². The summed E-state index contributed by atoms with van der Waals surface area (Å²) in [6, 6.07) is 17.9. The van der Waals surface area contributed by atoms with Gasteiger partial charge in [0.15, 0.2) is 11.5 Å². The predicted molar refractivity (Wildman–Crippen MR) is 169 cm³/mol. The third kappa shape index (κ3) is 7.88. The van der Waals surface area contributed by atoms with Crippen LogP contribution in [0.3, 0.4) is 0 Å². The highest BCUT2D eigenvalue weighted by Crippen LogP contribution is 2.37. The van der Waals surface area contributed by atoms with Gasteiger partial charge in [-0.15, -0.1) is 0 Å². The number of pyridine rings is 1. The number of nitrogens with one attached hydrogen (secondary N) is 2. The number of halogens is 1. The van der Waals surface area contributed by atoms with Crippen molar-refractivity contribution in [3.05, 3.63) is 78.7 Å². The van der Waals surface area contributed by atoms with Gasteiger partial charge in [-0.3, -0.25) is 24.6 Å². The zero-order valence-electron chi connectivity index (χ0n) is 25.3. The number of carbonyl (C=O) groups excluding carboxylic acids is 3. The van der Waals surface area contributed by atoms with Crippen molar-refractivity contribution < 1.29 is 38.2 Å². The molecular formula is C34H35FN4O7. The fourth-order valence-corrected chi connectivity index (χ4v) is 5.26. The van der Waals surface area contributed by atoms with Gasteiger partial charge < -0.3 is 24.4 Å². The molecule has 1 saturated heterocycles. The average Bonchev–Trinajstić information content (AvgIpc) is 3.46. The second-order valence-electron chi connectivity index (χ2n) is 10.8. The van der Waals surface area contributed by atoms with Crippen molar-refractivity contribution >= 4 is 40.0 Å². The van der Waals surface area contributed by atoms with Crippen LogP contribution in [0, 0.1) is 11.7 Å². The summed E-state index contributed by atoms with van der Waals surface area (Å²) in [6.45, 7) is 0.799. The van der Waals surface area contributed by atoms with Gasteiger partial charge in [0.05, 0.1) is 19.2 Å². The number of amides is 3. The molecule has 2 heterocycles. The van der Waals surface area contributed by atoms with Crippen molar-refractivity contribution in [1.82, 2.24) is 10.5 Å². The van der Waals surface area contributed by atoms with Crippen LogP contribution in [0.25, 0.3) is 10.9 Å². The minimum atomic E-state index is -0.863. The Morgan fingerprint density at radius 2 is 1.80 bits per heavy atom. The summed E-state index contributed by atoms with van der Waals surface area (Å²) in [6.07, 6.45) is 5.46. The number of anilines is 2. The number of methoxy groups -OCH3 is 1. The Bertz CT molecular complexity index is 1700. The van der Waals surface area contributed by atoms with Crippen LogP contribution in [0.4, 0.5) is 15.8 Å². The summed E-state index contributed by atoms with van der Waals surface area (Å²) in [7, 11) is 1.56. The third-order valence-corrected chi connectivity index (χ3v) is 7.66. The van der Waals surface area contributed by atoms with E-state index in [-0.39, 0.29) is 18.2 Å². The highest BCUT2D eigenvalue weighted by molar-refractivity contribution is 6.13. The van der Waals surface area contributed by atoms with Crippen LogP contribution in [0.2, 0.25) is 0 Å². The molecule has 0 aliphatic carbocycles. The highest BCUT2D eigenvalue weighted by Gasteiger charge is 2.37. The first kappa shape index (κ1) is 32.2. The van der Waals surface area contributed by atoms with Gasteiger partial charge >= 0.3 is 0 Å². The molecule has 5 rings (SSSR count). The zero-order valence-corrected chi connectivity index (χ0v) is 25.3. The maximum Gasteiger partial charge on any atom is 0.243 e. The van der Waals surface area contributed by atoms with Crippen LogP contribution in [0.5, 0.6) is 23.0 Å². The largest absolute Gasteiger partial charge is 0.493 e. The molecule has 1 aliphatic rings. The van der Waals surface area contributed by atoms with E-state index in [1.54, 1.807) is 67.3 Å². The number of hydroxylamine groups is 1. The van der Waals surface area contributed by atoms with Crippen LogP contribution >= 0.6 is 0 Å². The van der Waals surface area contributed by atoms with Crippen LogP contribution < -0.4 is 29.9 Å². The second-order valence-corrected chi connectivity index (χ2v) is 10.8. The molecule has 0 saturated carbocycles. The molecule has 0 radical (unpaired) electrons. The highest BCUT2D eigenvalue weighted by atomic mass is 19.1. The van der Waals surface area contributed by atoms with Crippen LogP contribution in [-0.4, -0.2) is 48.2 Å². The summed E-state index contributed by atoms with van der Waals surface area (Å²) in [5, 5.41) is 12.1. The number of benzene rings is 3. The lowest BCUT2D eigenvalue weighted by Gasteiger charge is -2.17. The Morgan fingerprint density at radius 3 is 2.57 bits per heavy atom. The maximum absolute atomic E-state index is 13.6. The van der Waals surface area contributed by atoms with E-state index in [0.29, 0.717) is 71.3 Å². The van der Waals surface area contributed by atoms with E-state index in [0.717, 1.165) is 19.3 Å². The van der Waals surface area contributed by atoms with E-state index in [4.69, 9.17) is 19.4 Å². The summed E-state index contributed by atoms with van der Waals surface area (Å²) in [5.74, 6) is -0.319. The predicted octanol–water partition coefficient (Wildman–Crippen LogP) is 6.00. The minimum absolute atomic E-state index is 0.286. The van der Waals surface area contributed by atoms with E-state index in [9.17, 15) is 18.8 Å². The molecule has 3 N–H and O–H groups in total. The summed E-state index contributed by atoms with van der Waals surface area (Å²) in [4.78, 5) is 42.8. The van der Waals surface area contributed by atoms with E-state index in [2.05, 4.69) is 10.3 Å². The van der Waals surface area contributed by atoms with Gasteiger partial charge in [0, 0.05) is 42.0 Å². The molecule has 1 aromatic heterocycles. The first-order valence-corrected chi connectivity index (χ1v) is 15.0. The summed E-state index contributed by atoms with van der Waals surface area (Å²) >= 11 is 0. The number of nitrogens with zero attached hydrogens (tertiary/aromatic N) is 2. The average molecular weight is 631 g/mol. The number of unbranched alkanes of at least 4 members (excludes halogenated alkanes) is 3. The van der Waals surface area contributed by atoms with Gasteiger partial charge in [0.1, 0.15) is 23.2 Å². The number of hydrogen-bond donors (Lipinski definition) is 3. The molecule has 1 aliphatic heterocycles. The molecule has 1 atom stereocenters. The normalized spacial score (nSPS) is 14.3. The van der Waals surface area contributed by atoms with Gasteiger partial charge in [0.2, 0.25) is 17.7 Å². The number of ether oxygens (including phenoxy) is 3. The first-order valence-electron chi connectivity index (χ1n) is 15.0. The van der Waals surface area contributed by atoms with Crippen molar-refractivity contribution in [3.63, 3.8) is 0 Å². The number of fused-ring (bicyclic) bond motifs is 1. The molecule has 0 bridgehead atoms. The van der Waals surface area contributed by atoms with Gasteiger partial charge in [-0.25, -0.2) is 9.87 Å². The van der Waals surface area contributed by atoms with Gasteiger partial charge in [-0.05, 0) is 73.9 Å². The molecule has 1 unspecified atom stereocenters. The Balaban J connectivity index is 1.17. The SMILES string of the molecule is COc1cc2c(Oc3ccc(NC(=O)C4CCN(c5cccc(F)c5)C4=O)cc3)ccnc2cc1OCCCCCCC(=O)NO. The Morgan fingerprint density at radius 1 is 1.00 bits per heavy atom. The third-order valence-electron chi connectivity index (χ3n) is 7.66. The van der Waals surface area contributed by atoms with Gasteiger partial charge in [-0.2, -0.15) is 0 Å². The standard InChI is InChI=1S/C34H35FN4O7/c1-44-30-20-27-28(21-31(30)45-18-5-3-2-4-9-32(40)38-43)36-16-14-29(27)46-25-12-10-23(11-13-25)37-33(41)26-15-17-39(34(26)42)24-8-6-7-22(35)19-24/h6-8,10-14,16,19-21,26,43H,2-5,9,15,17-18H2,1H3,(H,37,41)(H,38,40). The second kappa shape index (κ2) is 15.2. The Kier molecular flexibility index (Phi) is 10.6. The zero-order chi connectivity index (χ0) is 32.5. The van der Waals surface area contributed by atoms with E-state index < -0.39 is 17.6 Å². The number of aromatic nitrogens is 1. The lowest BCUT2D eigenvalue weighted by molar-refractivity contribution is -0.130. The Labute approximate surface area is 265 Å². The maximum atomic E-state index is 13.6. The lowest BCUT2D eigenvalue weighted by Crippen LogP contribution is -2.33. The molecular weight excluding hydrogens is 595 g/mol. The topological polar surface area (TPSA) is 139 Å². The number of hydrogen-bond acceptors (Lipinski definition) is 8. The number of rotatable bonds is 14. The quantitative estimate of drug-likeness (QED) is 0.0667. The van der Waals surface area contributed by atoms with Crippen molar-refractivity contribution in [2.24, 2.45) is 5.92 Å². The van der Waals surface area contributed by atoms with Crippen LogP contribution in [0.15, 0.2) is 72.9 Å². The monoisotopic (exact) mass is 630 g/mol. The minimum Gasteiger partial charge on any atom is -0.493 e. The summed E-state index contributed by atoms with van der Waals surface area (Å²) < 4.78 is 31.3. The van der Waals surface area contributed by atoms with Gasteiger partial charge in [-0.1, -0.05) is 18.9 Å². The number of carbonyl (C=O) groups is 3. The molecule has 3 amide bonds. The fraction of sp³-hybridized carbons (Fsp3) is 0.294. The van der Waals surface area contributed by atoms with E-state index in [1.165, 1.54) is 23.1 Å². The van der Waals surface area contributed by atoms with Crippen molar-refractivity contribution in [2.75, 3.05) is 30.5 Å². The molecule has 3 aromatic carbocycles. The van der Waals surface area contributed by atoms with E-state index in [1.807, 2.05) is 0 Å². The molecule has 0 spiro atoms. The fourth-order valence-electron chi connectivity index (χ4n) is 5.26. The molecule has 240 valence electrons. The Hall–Kier alpha value is -5.23. The van der Waals surface area contributed by atoms with Crippen LogP contribution in [-0.2, 0) is 14.4 Å². The van der Waals surface area contributed by atoms with Crippen molar-refractivity contribution in [3.8, 4) is 23.0 Å². The van der Waals surface area contributed by atoms with Crippen molar-refractivity contribution in [1.29, 1.82) is 0 Å². The summed E-state index contributed by atoms with van der Waals surface area (Å²) in [5.41, 5.74) is 3.23. The molecule has 12 heteroatoms. The first-order chi connectivity index (χ1) is 22.4. The van der Waals surface area contributed by atoms with Crippen molar-refractivity contribution in [2.45, 2.75) is 38.5 Å². The molecule has 4 aromatic rings. The smallest absolute Gasteiger partial charge is 0.243 e. The molecule has 1 fully saturated rings. The molecule has 11 nitrogen and oxygen atoms in total. The lowest BCUT2D eigenvalue weighted by atomic mass is 10.1. The molecule has 46 heavy (non-hydrogen) atoms. The van der Waals surface area contributed by atoms with E-state index >= 15 is 0 Å². The van der Waals surface area contributed by atoms with Crippen LogP contribution in [0.1, 0.15) is 38.5 Å².